The molecule has 1 aromatic rings. The molecular weight excluding hydrogens is 210 g/mol. The summed E-state index contributed by atoms with van der Waals surface area (Å²) in [4.78, 5) is 8.43. The molecule has 80 valence electrons. The maximum Gasteiger partial charge on any atom is 0.134 e. The Kier molecular flexibility index (Phi) is 4.38. The van der Waals surface area contributed by atoms with Gasteiger partial charge in [-0.25, -0.2) is 9.97 Å². The number of anilines is 1. The Hall–Kier alpha value is -1.27. The van der Waals surface area contributed by atoms with Gasteiger partial charge in [0.2, 0.25) is 0 Å². The molecule has 1 rings (SSSR count). The van der Waals surface area contributed by atoms with Crippen molar-refractivity contribution < 1.29 is 0 Å². The van der Waals surface area contributed by atoms with Gasteiger partial charge in [-0.2, -0.15) is 0 Å². The maximum absolute atomic E-state index is 5.87. The topological polar surface area (TPSA) is 37.8 Å². The Morgan fingerprint density at radius 1 is 1.60 bits per heavy atom. The minimum Gasteiger partial charge on any atom is -0.357 e. The van der Waals surface area contributed by atoms with Crippen LogP contribution in [-0.4, -0.2) is 16.0 Å². The smallest absolute Gasteiger partial charge is 0.134 e. The van der Waals surface area contributed by atoms with Crippen molar-refractivity contribution in [3.8, 4) is 12.3 Å². The molecule has 1 aromatic heterocycles. The third kappa shape index (κ3) is 3.77. The minimum absolute atomic E-state index is 0.0644. The Morgan fingerprint density at radius 3 is 2.93 bits per heavy atom. The average Bonchev–Trinajstić information content (AvgIpc) is 2.17. The summed E-state index contributed by atoms with van der Waals surface area (Å²) in [5.74, 6) is 4.00. The van der Waals surface area contributed by atoms with Crippen molar-refractivity contribution in [2.75, 3.05) is 5.32 Å². The molecular formula is C11H14ClN3. The van der Waals surface area contributed by atoms with Gasteiger partial charge < -0.3 is 5.32 Å². The van der Waals surface area contributed by atoms with Gasteiger partial charge in [0.05, 0.1) is 6.04 Å². The highest BCUT2D eigenvalue weighted by molar-refractivity contribution is 6.29. The standard InChI is InChI=1S/C11H14ClN3/c1-4-6-10-14-9(12)7-11(15-10)13-8(3)5-2/h2,7-8H,4,6H2,1,3H3,(H,13,14,15). The van der Waals surface area contributed by atoms with E-state index in [9.17, 15) is 0 Å². The first-order valence-corrected chi connectivity index (χ1v) is 5.29. The SMILES string of the molecule is C#CC(C)Nc1cc(Cl)nc(CCC)n1. The molecule has 0 radical (unpaired) electrons. The van der Waals surface area contributed by atoms with Gasteiger partial charge in [0.15, 0.2) is 0 Å². The average molecular weight is 224 g/mol. The van der Waals surface area contributed by atoms with Crippen LogP contribution in [0.3, 0.4) is 0 Å². The molecule has 0 bridgehead atoms. The Morgan fingerprint density at radius 2 is 2.33 bits per heavy atom. The fraction of sp³-hybridized carbons (Fsp3) is 0.455. The Labute approximate surface area is 95.3 Å². The molecule has 4 heteroatoms. The Balaban J connectivity index is 2.84. The second-order valence-corrected chi connectivity index (χ2v) is 3.66. The van der Waals surface area contributed by atoms with E-state index >= 15 is 0 Å². The lowest BCUT2D eigenvalue weighted by Crippen LogP contribution is -2.14. The summed E-state index contributed by atoms with van der Waals surface area (Å²) >= 11 is 5.87. The van der Waals surface area contributed by atoms with Crippen molar-refractivity contribution in [2.24, 2.45) is 0 Å². The first-order valence-electron chi connectivity index (χ1n) is 4.91. The fourth-order valence-corrected chi connectivity index (χ4v) is 1.34. The summed E-state index contributed by atoms with van der Waals surface area (Å²) in [6.45, 7) is 3.96. The number of halogens is 1. The molecule has 0 aliphatic heterocycles. The van der Waals surface area contributed by atoms with Crippen LogP contribution in [0.2, 0.25) is 5.15 Å². The highest BCUT2D eigenvalue weighted by Crippen LogP contribution is 2.13. The fourth-order valence-electron chi connectivity index (χ4n) is 1.14. The second kappa shape index (κ2) is 5.57. The lowest BCUT2D eigenvalue weighted by Gasteiger charge is -2.09. The summed E-state index contributed by atoms with van der Waals surface area (Å²) in [6, 6.07) is 1.61. The molecule has 0 spiro atoms. The van der Waals surface area contributed by atoms with Crippen LogP contribution in [0, 0.1) is 12.3 Å². The van der Waals surface area contributed by atoms with E-state index in [1.165, 1.54) is 0 Å². The van der Waals surface area contributed by atoms with Crippen molar-refractivity contribution in [3.05, 3.63) is 17.0 Å². The van der Waals surface area contributed by atoms with Crippen LogP contribution in [-0.2, 0) is 6.42 Å². The van der Waals surface area contributed by atoms with Crippen LogP contribution in [0.1, 0.15) is 26.1 Å². The number of terminal acetylenes is 1. The van der Waals surface area contributed by atoms with E-state index in [1.807, 2.05) is 6.92 Å². The van der Waals surface area contributed by atoms with Crippen LogP contribution >= 0.6 is 11.6 Å². The monoisotopic (exact) mass is 223 g/mol. The van der Waals surface area contributed by atoms with Gasteiger partial charge in [-0.05, 0) is 13.3 Å². The van der Waals surface area contributed by atoms with Gasteiger partial charge in [-0.3, -0.25) is 0 Å². The van der Waals surface area contributed by atoms with Crippen LogP contribution < -0.4 is 5.32 Å². The zero-order chi connectivity index (χ0) is 11.3. The van der Waals surface area contributed by atoms with Crippen LogP contribution in [0.5, 0.6) is 0 Å². The van der Waals surface area contributed by atoms with E-state index in [1.54, 1.807) is 6.07 Å². The largest absolute Gasteiger partial charge is 0.357 e. The molecule has 0 saturated carbocycles. The molecule has 0 fully saturated rings. The summed E-state index contributed by atoms with van der Waals surface area (Å²) in [6.07, 6.45) is 7.08. The summed E-state index contributed by atoms with van der Waals surface area (Å²) in [5, 5.41) is 3.50. The molecule has 0 aromatic carbocycles. The van der Waals surface area contributed by atoms with Crippen LogP contribution in [0.25, 0.3) is 0 Å². The number of hydrogen-bond acceptors (Lipinski definition) is 3. The predicted octanol–water partition coefficient (Wildman–Crippen LogP) is 2.52. The van der Waals surface area contributed by atoms with E-state index in [-0.39, 0.29) is 6.04 Å². The van der Waals surface area contributed by atoms with Crippen LogP contribution in [0.4, 0.5) is 5.82 Å². The number of nitrogens with zero attached hydrogens (tertiary/aromatic N) is 2. The van der Waals surface area contributed by atoms with Crippen LogP contribution in [0.15, 0.2) is 6.07 Å². The molecule has 1 heterocycles. The lowest BCUT2D eigenvalue weighted by atomic mass is 10.3. The molecule has 0 saturated heterocycles. The molecule has 3 nitrogen and oxygen atoms in total. The highest BCUT2D eigenvalue weighted by atomic mass is 35.5. The highest BCUT2D eigenvalue weighted by Gasteiger charge is 2.04. The molecule has 1 N–H and O–H groups in total. The van der Waals surface area contributed by atoms with E-state index in [2.05, 4.69) is 28.1 Å². The van der Waals surface area contributed by atoms with Gasteiger partial charge >= 0.3 is 0 Å². The number of aromatic nitrogens is 2. The van der Waals surface area contributed by atoms with Crippen molar-refractivity contribution in [3.63, 3.8) is 0 Å². The first kappa shape index (κ1) is 11.8. The lowest BCUT2D eigenvalue weighted by molar-refractivity contribution is 0.832. The minimum atomic E-state index is -0.0644. The van der Waals surface area contributed by atoms with Gasteiger partial charge in [0.1, 0.15) is 16.8 Å². The molecule has 0 amide bonds. The quantitative estimate of drug-likeness (QED) is 0.630. The van der Waals surface area contributed by atoms with Crippen molar-refractivity contribution >= 4 is 17.4 Å². The van der Waals surface area contributed by atoms with Crippen molar-refractivity contribution in [2.45, 2.75) is 32.7 Å². The van der Waals surface area contributed by atoms with E-state index in [0.717, 1.165) is 18.7 Å². The van der Waals surface area contributed by atoms with E-state index in [0.29, 0.717) is 11.0 Å². The van der Waals surface area contributed by atoms with Gasteiger partial charge in [-0.15, -0.1) is 6.42 Å². The zero-order valence-corrected chi connectivity index (χ0v) is 9.67. The third-order valence-electron chi connectivity index (χ3n) is 1.83. The van der Waals surface area contributed by atoms with Gasteiger partial charge in [0, 0.05) is 12.5 Å². The second-order valence-electron chi connectivity index (χ2n) is 3.27. The van der Waals surface area contributed by atoms with Crippen molar-refractivity contribution in [1.29, 1.82) is 0 Å². The van der Waals surface area contributed by atoms with Gasteiger partial charge in [-0.1, -0.05) is 24.4 Å². The first-order chi connectivity index (χ1) is 7.15. The maximum atomic E-state index is 5.87. The predicted molar refractivity (Wildman–Crippen MR) is 63.0 cm³/mol. The number of hydrogen-bond donors (Lipinski definition) is 1. The number of aryl methyl sites for hydroxylation is 1. The summed E-state index contributed by atoms with van der Waals surface area (Å²) in [5.41, 5.74) is 0. The van der Waals surface area contributed by atoms with E-state index < -0.39 is 0 Å². The number of rotatable bonds is 4. The molecule has 0 aliphatic rings. The number of nitrogens with one attached hydrogen (secondary N) is 1. The summed E-state index contributed by atoms with van der Waals surface area (Å²) in [7, 11) is 0. The molecule has 0 aliphatic carbocycles. The summed E-state index contributed by atoms with van der Waals surface area (Å²) < 4.78 is 0. The Bertz CT molecular complexity index is 371. The molecule has 15 heavy (non-hydrogen) atoms. The zero-order valence-electron chi connectivity index (χ0n) is 8.92. The third-order valence-corrected chi connectivity index (χ3v) is 2.02. The molecule has 1 atom stereocenters. The van der Waals surface area contributed by atoms with E-state index in [4.69, 9.17) is 18.0 Å². The molecule has 1 unspecified atom stereocenters. The van der Waals surface area contributed by atoms with Gasteiger partial charge in [0.25, 0.3) is 0 Å². The normalized spacial score (nSPS) is 11.9. The van der Waals surface area contributed by atoms with Crippen molar-refractivity contribution in [1.82, 2.24) is 9.97 Å².